The first-order valence-corrected chi connectivity index (χ1v) is 11.0. The molecule has 1 saturated heterocycles. The Bertz CT molecular complexity index is 1190. The minimum Gasteiger partial charge on any atom is -0.423 e. The molecule has 1 aliphatic heterocycles. The van der Waals surface area contributed by atoms with Crippen LogP contribution in [0.15, 0.2) is 83.8 Å². The standard InChI is InChI=1S/C24H16ClNO3S2/c25-20-12-5-4-11-19(20)23(28)29-18-10-6-9-17(13-18)14-21-22(27)26(24(30)31-21)15-16-7-2-1-3-8-16/h1-14H,15H2/b21-14-. The van der Waals surface area contributed by atoms with Gasteiger partial charge in [-0.25, -0.2) is 4.79 Å². The van der Waals surface area contributed by atoms with Crippen molar-refractivity contribution < 1.29 is 14.3 Å². The average molecular weight is 466 g/mol. The predicted octanol–water partition coefficient (Wildman–Crippen LogP) is 5.96. The lowest BCUT2D eigenvalue weighted by Gasteiger charge is -2.14. The van der Waals surface area contributed by atoms with Gasteiger partial charge in [-0.3, -0.25) is 9.69 Å². The van der Waals surface area contributed by atoms with Crippen LogP contribution in [0, 0.1) is 0 Å². The average Bonchev–Trinajstić information content (AvgIpc) is 3.02. The van der Waals surface area contributed by atoms with Crippen LogP contribution >= 0.6 is 35.6 Å². The molecule has 0 N–H and O–H groups in total. The smallest absolute Gasteiger partial charge is 0.345 e. The fourth-order valence-electron chi connectivity index (χ4n) is 3.01. The van der Waals surface area contributed by atoms with E-state index in [1.165, 1.54) is 11.8 Å². The number of hydrogen-bond acceptors (Lipinski definition) is 5. The monoisotopic (exact) mass is 465 g/mol. The molecular weight excluding hydrogens is 450 g/mol. The van der Waals surface area contributed by atoms with E-state index >= 15 is 0 Å². The number of rotatable bonds is 5. The molecule has 1 heterocycles. The number of hydrogen-bond donors (Lipinski definition) is 0. The Hall–Kier alpha value is -2.93. The third kappa shape index (κ3) is 5.05. The SMILES string of the molecule is O=C(Oc1cccc(/C=C2\SC(=S)N(Cc3ccccc3)C2=O)c1)c1ccccc1Cl. The largest absolute Gasteiger partial charge is 0.423 e. The van der Waals surface area contributed by atoms with Crippen LogP contribution in [0.3, 0.4) is 0 Å². The van der Waals surface area contributed by atoms with E-state index in [1.807, 2.05) is 36.4 Å². The fourth-order valence-corrected chi connectivity index (χ4v) is 4.48. The molecule has 4 nitrogen and oxygen atoms in total. The molecule has 0 atom stereocenters. The van der Waals surface area contributed by atoms with Crippen LogP contribution in [0.5, 0.6) is 5.75 Å². The van der Waals surface area contributed by atoms with Gasteiger partial charge in [-0.1, -0.05) is 90.2 Å². The van der Waals surface area contributed by atoms with Crippen LogP contribution < -0.4 is 4.74 Å². The number of carbonyl (C=O) groups is 2. The Kier molecular flexibility index (Phi) is 6.51. The first kappa shape index (κ1) is 21.3. The number of thioether (sulfide) groups is 1. The van der Waals surface area contributed by atoms with Gasteiger partial charge >= 0.3 is 5.97 Å². The zero-order valence-electron chi connectivity index (χ0n) is 16.2. The van der Waals surface area contributed by atoms with Crippen LogP contribution in [0.1, 0.15) is 21.5 Å². The maximum absolute atomic E-state index is 12.9. The first-order chi connectivity index (χ1) is 15.0. The number of esters is 1. The molecule has 0 spiro atoms. The van der Waals surface area contributed by atoms with E-state index in [1.54, 1.807) is 53.4 Å². The summed E-state index contributed by atoms with van der Waals surface area (Å²) in [6.07, 6.45) is 1.75. The predicted molar refractivity (Wildman–Crippen MR) is 128 cm³/mol. The number of thiocarbonyl (C=S) groups is 1. The molecule has 0 aliphatic carbocycles. The molecule has 1 fully saturated rings. The number of halogens is 1. The van der Waals surface area contributed by atoms with Gasteiger partial charge in [0.15, 0.2) is 0 Å². The highest BCUT2D eigenvalue weighted by molar-refractivity contribution is 8.26. The van der Waals surface area contributed by atoms with Crippen LogP contribution in [-0.2, 0) is 11.3 Å². The van der Waals surface area contributed by atoms with E-state index < -0.39 is 5.97 Å². The molecule has 1 amide bonds. The quantitative estimate of drug-likeness (QED) is 0.201. The van der Waals surface area contributed by atoms with E-state index in [0.29, 0.717) is 26.5 Å². The summed E-state index contributed by atoms with van der Waals surface area (Å²) < 4.78 is 5.97. The molecule has 154 valence electrons. The topological polar surface area (TPSA) is 46.6 Å². The summed E-state index contributed by atoms with van der Waals surface area (Å²) in [6, 6.07) is 23.4. The molecule has 0 radical (unpaired) electrons. The normalized spacial score (nSPS) is 14.9. The van der Waals surface area contributed by atoms with Crippen molar-refractivity contribution in [1.82, 2.24) is 4.90 Å². The number of amides is 1. The van der Waals surface area contributed by atoms with Crippen molar-refractivity contribution in [2.75, 3.05) is 0 Å². The Morgan fingerprint density at radius 1 is 1.03 bits per heavy atom. The Labute approximate surface area is 194 Å². The van der Waals surface area contributed by atoms with Gasteiger partial charge < -0.3 is 4.74 Å². The van der Waals surface area contributed by atoms with Gasteiger partial charge in [0.05, 0.1) is 22.0 Å². The van der Waals surface area contributed by atoms with Crippen molar-refractivity contribution in [3.05, 3.63) is 105 Å². The molecule has 1 aliphatic rings. The van der Waals surface area contributed by atoms with E-state index in [9.17, 15) is 9.59 Å². The minimum absolute atomic E-state index is 0.141. The summed E-state index contributed by atoms with van der Waals surface area (Å²) in [7, 11) is 0. The van der Waals surface area contributed by atoms with Gasteiger partial charge in [-0.15, -0.1) is 0 Å². The van der Waals surface area contributed by atoms with E-state index in [2.05, 4.69) is 0 Å². The minimum atomic E-state index is -0.545. The van der Waals surface area contributed by atoms with Crippen LogP contribution in [0.2, 0.25) is 5.02 Å². The maximum atomic E-state index is 12.9. The highest BCUT2D eigenvalue weighted by atomic mass is 35.5. The van der Waals surface area contributed by atoms with Crippen molar-refractivity contribution in [1.29, 1.82) is 0 Å². The molecule has 7 heteroatoms. The van der Waals surface area contributed by atoms with Crippen molar-refractivity contribution in [2.45, 2.75) is 6.54 Å². The second-order valence-corrected chi connectivity index (χ2v) is 8.78. The van der Waals surface area contributed by atoms with Gasteiger partial charge in [0, 0.05) is 0 Å². The second kappa shape index (κ2) is 9.47. The summed E-state index contributed by atoms with van der Waals surface area (Å²) in [4.78, 5) is 27.4. The molecule has 0 saturated carbocycles. The van der Waals surface area contributed by atoms with E-state index in [-0.39, 0.29) is 11.5 Å². The van der Waals surface area contributed by atoms with E-state index in [0.717, 1.165) is 11.1 Å². The fraction of sp³-hybridized carbons (Fsp3) is 0.0417. The Balaban J connectivity index is 1.50. The van der Waals surface area contributed by atoms with Gasteiger partial charge in [0.1, 0.15) is 10.1 Å². The molecule has 3 aromatic rings. The van der Waals surface area contributed by atoms with Crippen molar-refractivity contribution >= 4 is 57.9 Å². The van der Waals surface area contributed by atoms with E-state index in [4.69, 9.17) is 28.6 Å². The molecule has 0 bridgehead atoms. The van der Waals surface area contributed by atoms with Crippen LogP contribution in [0.4, 0.5) is 0 Å². The summed E-state index contributed by atoms with van der Waals surface area (Å²) in [5, 5.41) is 0.325. The van der Waals surface area contributed by atoms with Gasteiger partial charge in [0.2, 0.25) is 0 Å². The lowest BCUT2D eigenvalue weighted by molar-refractivity contribution is -0.122. The van der Waals surface area contributed by atoms with Gasteiger partial charge in [-0.05, 0) is 41.5 Å². The summed E-state index contributed by atoms with van der Waals surface area (Å²) >= 11 is 12.7. The second-order valence-electron chi connectivity index (χ2n) is 6.70. The van der Waals surface area contributed by atoms with Gasteiger partial charge in [0.25, 0.3) is 5.91 Å². The number of carbonyl (C=O) groups excluding carboxylic acids is 2. The number of benzene rings is 3. The molecular formula is C24H16ClNO3S2. The van der Waals surface area contributed by atoms with Crippen LogP contribution in [-0.4, -0.2) is 21.1 Å². The highest BCUT2D eigenvalue weighted by Gasteiger charge is 2.31. The highest BCUT2D eigenvalue weighted by Crippen LogP contribution is 2.34. The zero-order chi connectivity index (χ0) is 21.8. The number of ether oxygens (including phenoxy) is 1. The Morgan fingerprint density at radius 3 is 2.55 bits per heavy atom. The molecule has 4 rings (SSSR count). The molecule has 0 unspecified atom stereocenters. The summed E-state index contributed by atoms with van der Waals surface area (Å²) in [5.41, 5.74) is 2.02. The first-order valence-electron chi connectivity index (χ1n) is 9.37. The van der Waals surface area contributed by atoms with Crippen molar-refractivity contribution in [3.8, 4) is 5.75 Å². The lowest BCUT2D eigenvalue weighted by atomic mass is 10.2. The van der Waals surface area contributed by atoms with Gasteiger partial charge in [-0.2, -0.15) is 0 Å². The molecule has 3 aromatic carbocycles. The number of nitrogens with zero attached hydrogens (tertiary/aromatic N) is 1. The van der Waals surface area contributed by atoms with Crippen molar-refractivity contribution in [2.24, 2.45) is 0 Å². The van der Waals surface area contributed by atoms with Crippen LogP contribution in [0.25, 0.3) is 6.08 Å². The molecule has 0 aromatic heterocycles. The Morgan fingerprint density at radius 2 is 1.77 bits per heavy atom. The summed E-state index contributed by atoms with van der Waals surface area (Å²) in [6.45, 7) is 0.429. The van der Waals surface area contributed by atoms with Crippen molar-refractivity contribution in [3.63, 3.8) is 0 Å². The maximum Gasteiger partial charge on any atom is 0.345 e. The third-order valence-corrected chi connectivity index (χ3v) is 6.22. The lowest BCUT2D eigenvalue weighted by Crippen LogP contribution is -2.27. The third-order valence-electron chi connectivity index (χ3n) is 4.52. The molecule has 31 heavy (non-hydrogen) atoms. The zero-order valence-corrected chi connectivity index (χ0v) is 18.5. The summed E-state index contributed by atoms with van der Waals surface area (Å²) in [5.74, 6) is -0.326.